The monoisotopic (exact) mass is 434 g/mol. The van der Waals surface area contributed by atoms with Crippen LogP contribution in [0.15, 0.2) is 39.9 Å². The number of rotatable bonds is 4. The molecular weight excluding hydrogens is 424 g/mol. The van der Waals surface area contributed by atoms with E-state index in [1.54, 1.807) is 24.3 Å². The maximum absolute atomic E-state index is 13.2. The Kier molecular flexibility index (Phi) is 4.84. The van der Waals surface area contributed by atoms with Crippen molar-refractivity contribution in [2.24, 2.45) is 5.10 Å². The van der Waals surface area contributed by atoms with Crippen LogP contribution in [0.2, 0.25) is 0 Å². The lowest BCUT2D eigenvalue weighted by atomic mass is 10.1. The van der Waals surface area contributed by atoms with Crippen LogP contribution in [0, 0.1) is 0 Å². The Morgan fingerprint density at radius 2 is 2.04 bits per heavy atom. The van der Waals surface area contributed by atoms with Crippen molar-refractivity contribution in [2.75, 3.05) is 0 Å². The fourth-order valence-electron chi connectivity index (χ4n) is 2.44. The number of nitrogens with zero attached hydrogens (tertiary/aromatic N) is 3. The molecule has 138 valence electrons. The van der Waals surface area contributed by atoms with Gasteiger partial charge in [-0.1, -0.05) is 28.1 Å². The van der Waals surface area contributed by atoms with E-state index in [9.17, 15) is 27.5 Å². The van der Waals surface area contributed by atoms with Gasteiger partial charge in [-0.2, -0.15) is 15.2 Å². The Hall–Kier alpha value is -2.27. The summed E-state index contributed by atoms with van der Waals surface area (Å²) in [5, 5.41) is 19.4. The predicted molar refractivity (Wildman–Crippen MR) is 86.9 cm³/mol. The van der Waals surface area contributed by atoms with Crippen molar-refractivity contribution in [1.82, 2.24) is 15.2 Å². The molecule has 3 rings (SSSR count). The molecule has 0 spiro atoms. The summed E-state index contributed by atoms with van der Waals surface area (Å²) in [6.07, 6.45) is -7.79. The van der Waals surface area contributed by atoms with E-state index in [0.717, 1.165) is 4.47 Å². The van der Waals surface area contributed by atoms with Gasteiger partial charge >= 0.3 is 0 Å². The molecule has 0 saturated carbocycles. The maximum Gasteiger partial charge on any atom is 0.294 e. The first kappa shape index (κ1) is 18.5. The second-order valence-electron chi connectivity index (χ2n) is 5.54. The fourth-order valence-corrected chi connectivity index (χ4v) is 2.84. The number of halogens is 5. The van der Waals surface area contributed by atoms with E-state index in [4.69, 9.17) is 0 Å². The van der Waals surface area contributed by atoms with Crippen LogP contribution in [0.3, 0.4) is 0 Å². The topological polar surface area (TPSA) is 81.6 Å². The normalized spacial score (nSPS) is 20.2. The van der Waals surface area contributed by atoms with Crippen molar-refractivity contribution >= 4 is 27.5 Å². The largest absolute Gasteiger partial charge is 0.364 e. The Labute approximate surface area is 152 Å². The van der Waals surface area contributed by atoms with Crippen LogP contribution < -0.4 is 0 Å². The standard InChI is InChI=1S/C15H11BrF4N4O2/c16-8-3-1-2-7(4-8)9-5-10(22-21-9)13(25)24-15(26,14(19)20)6-11(23-24)12(17)18/h1-5,12,14,26H,6H2,(H,21,22)/t15-/m1/s1. The number of carbonyl (C=O) groups is 1. The van der Waals surface area contributed by atoms with Gasteiger partial charge in [-0.05, 0) is 18.2 Å². The first-order valence-electron chi connectivity index (χ1n) is 7.24. The number of hydrogen-bond donors (Lipinski definition) is 2. The number of amides is 1. The van der Waals surface area contributed by atoms with Gasteiger partial charge in [-0.25, -0.2) is 17.6 Å². The summed E-state index contributed by atoms with van der Waals surface area (Å²) in [5.41, 5.74) is -3.46. The van der Waals surface area contributed by atoms with E-state index in [1.807, 2.05) is 0 Å². The summed E-state index contributed by atoms with van der Waals surface area (Å²) >= 11 is 3.28. The zero-order chi connectivity index (χ0) is 19.1. The molecule has 0 radical (unpaired) electrons. The van der Waals surface area contributed by atoms with Crippen LogP contribution in [0.1, 0.15) is 16.9 Å². The highest BCUT2D eigenvalue weighted by molar-refractivity contribution is 9.10. The lowest BCUT2D eigenvalue weighted by Crippen LogP contribution is -2.51. The molecule has 26 heavy (non-hydrogen) atoms. The summed E-state index contributed by atoms with van der Waals surface area (Å²) in [7, 11) is 0. The molecule has 1 amide bonds. The van der Waals surface area contributed by atoms with Gasteiger partial charge in [0.1, 0.15) is 11.4 Å². The fraction of sp³-hybridized carbons (Fsp3) is 0.267. The van der Waals surface area contributed by atoms with Crippen LogP contribution >= 0.6 is 15.9 Å². The second-order valence-corrected chi connectivity index (χ2v) is 6.46. The lowest BCUT2D eigenvalue weighted by Gasteiger charge is -2.29. The molecule has 1 aromatic carbocycles. The molecule has 2 N–H and O–H groups in total. The van der Waals surface area contributed by atoms with Gasteiger partial charge in [-0.15, -0.1) is 0 Å². The van der Waals surface area contributed by atoms with E-state index in [1.165, 1.54) is 6.07 Å². The number of aromatic nitrogens is 2. The summed E-state index contributed by atoms with van der Waals surface area (Å²) in [6, 6.07) is 8.17. The first-order chi connectivity index (χ1) is 12.2. The summed E-state index contributed by atoms with van der Waals surface area (Å²) < 4.78 is 52.8. The van der Waals surface area contributed by atoms with Crippen molar-refractivity contribution in [3.8, 4) is 11.3 Å². The number of aliphatic hydroxyl groups is 1. The van der Waals surface area contributed by atoms with Crippen molar-refractivity contribution in [2.45, 2.75) is 25.0 Å². The zero-order valence-electron chi connectivity index (χ0n) is 12.8. The number of carbonyl (C=O) groups excluding carboxylic acids is 1. The van der Waals surface area contributed by atoms with Crippen molar-refractivity contribution < 1.29 is 27.5 Å². The predicted octanol–water partition coefficient (Wildman–Crippen LogP) is 3.26. The van der Waals surface area contributed by atoms with Crippen LogP contribution in [-0.4, -0.2) is 50.5 Å². The molecule has 0 aliphatic carbocycles. The highest BCUT2D eigenvalue weighted by atomic mass is 79.9. The van der Waals surface area contributed by atoms with Crippen molar-refractivity contribution in [3.05, 3.63) is 40.5 Å². The number of nitrogens with one attached hydrogen (secondary N) is 1. The average molecular weight is 435 g/mol. The van der Waals surface area contributed by atoms with E-state index >= 15 is 0 Å². The van der Waals surface area contributed by atoms with Gasteiger partial charge in [0.15, 0.2) is 0 Å². The van der Waals surface area contributed by atoms with Gasteiger partial charge < -0.3 is 5.11 Å². The van der Waals surface area contributed by atoms with E-state index in [0.29, 0.717) is 11.3 Å². The van der Waals surface area contributed by atoms with Gasteiger partial charge in [0.05, 0.1) is 5.69 Å². The summed E-state index contributed by atoms with van der Waals surface area (Å²) in [5.74, 6) is -1.20. The Bertz CT molecular complexity index is 873. The molecule has 6 nitrogen and oxygen atoms in total. The molecule has 0 saturated heterocycles. The maximum atomic E-state index is 13.2. The SMILES string of the molecule is O=C(c1cc(-c2cccc(Br)c2)n[nH]1)N1N=C(C(F)F)C[C@@]1(O)C(F)F. The third-order valence-corrected chi connectivity index (χ3v) is 4.25. The van der Waals surface area contributed by atoms with Crippen LogP contribution in [0.5, 0.6) is 0 Å². The highest BCUT2D eigenvalue weighted by Gasteiger charge is 2.53. The Morgan fingerprint density at radius 3 is 2.65 bits per heavy atom. The minimum Gasteiger partial charge on any atom is -0.364 e. The number of benzene rings is 1. The van der Waals surface area contributed by atoms with E-state index in [-0.39, 0.29) is 10.7 Å². The van der Waals surface area contributed by atoms with Crippen molar-refractivity contribution in [1.29, 1.82) is 0 Å². The molecule has 1 atom stereocenters. The first-order valence-corrected chi connectivity index (χ1v) is 8.03. The second kappa shape index (κ2) is 6.80. The zero-order valence-corrected chi connectivity index (χ0v) is 14.4. The minimum atomic E-state index is -3.49. The smallest absolute Gasteiger partial charge is 0.294 e. The summed E-state index contributed by atoms with van der Waals surface area (Å²) in [6.45, 7) is 0. The van der Waals surface area contributed by atoms with Crippen LogP contribution in [-0.2, 0) is 0 Å². The third-order valence-electron chi connectivity index (χ3n) is 3.76. The van der Waals surface area contributed by atoms with Crippen LogP contribution in [0.4, 0.5) is 17.6 Å². The summed E-state index contributed by atoms with van der Waals surface area (Å²) in [4.78, 5) is 12.4. The molecule has 0 bridgehead atoms. The third kappa shape index (κ3) is 3.23. The minimum absolute atomic E-state index is 0.0165. The molecular formula is C15H11BrF4N4O2. The Balaban J connectivity index is 1.93. The lowest BCUT2D eigenvalue weighted by molar-refractivity contribution is -0.164. The molecule has 11 heteroatoms. The van der Waals surface area contributed by atoms with Gasteiger partial charge in [0.2, 0.25) is 5.72 Å². The van der Waals surface area contributed by atoms with Gasteiger partial charge in [0.25, 0.3) is 18.8 Å². The van der Waals surface area contributed by atoms with Crippen molar-refractivity contribution in [3.63, 3.8) is 0 Å². The number of hydrazone groups is 1. The number of hydrogen-bond acceptors (Lipinski definition) is 4. The Morgan fingerprint density at radius 1 is 1.31 bits per heavy atom. The molecule has 1 aromatic heterocycles. The highest BCUT2D eigenvalue weighted by Crippen LogP contribution is 2.34. The van der Waals surface area contributed by atoms with E-state index < -0.39 is 36.6 Å². The average Bonchev–Trinajstić information content (AvgIpc) is 3.20. The number of H-pyrrole nitrogens is 1. The molecule has 0 unspecified atom stereocenters. The van der Waals surface area contributed by atoms with Gasteiger partial charge in [-0.3, -0.25) is 9.89 Å². The van der Waals surface area contributed by atoms with Gasteiger partial charge in [0, 0.05) is 16.5 Å². The number of aromatic amines is 1. The van der Waals surface area contributed by atoms with Crippen LogP contribution in [0.25, 0.3) is 11.3 Å². The molecule has 0 fully saturated rings. The van der Waals surface area contributed by atoms with E-state index in [2.05, 4.69) is 31.2 Å². The molecule has 2 heterocycles. The molecule has 1 aliphatic rings. The quantitative estimate of drug-likeness (QED) is 0.724. The number of alkyl halides is 4. The molecule has 2 aromatic rings. The molecule has 1 aliphatic heterocycles.